The van der Waals surface area contributed by atoms with Gasteiger partial charge in [-0.1, -0.05) is 31.0 Å². The number of unbranched alkanes of at least 4 members (excludes halogenated alkanes) is 1. The van der Waals surface area contributed by atoms with Gasteiger partial charge in [-0.25, -0.2) is 5.43 Å². The topological polar surface area (TPSA) is 79.8 Å². The van der Waals surface area contributed by atoms with Crippen LogP contribution in [-0.4, -0.2) is 31.2 Å². The summed E-state index contributed by atoms with van der Waals surface area (Å²) in [6.45, 7) is 2.62. The van der Waals surface area contributed by atoms with Gasteiger partial charge >= 0.3 is 0 Å². The van der Waals surface area contributed by atoms with Gasteiger partial charge in [-0.15, -0.1) is 0 Å². The maximum absolute atomic E-state index is 11.9. The summed E-state index contributed by atoms with van der Waals surface area (Å²) in [5.74, 6) is -0.00944. The lowest BCUT2D eigenvalue weighted by molar-refractivity contribution is -0.120. The van der Waals surface area contributed by atoms with Crippen LogP contribution >= 0.6 is 11.6 Å². The van der Waals surface area contributed by atoms with Crippen LogP contribution in [0.5, 0.6) is 5.75 Å². The Hall–Kier alpha value is -2.86. The van der Waals surface area contributed by atoms with E-state index in [0.717, 1.165) is 24.2 Å². The van der Waals surface area contributed by atoms with Crippen LogP contribution in [0.25, 0.3) is 0 Å². The number of nitrogens with zero attached hydrogens (tertiary/aromatic N) is 1. The van der Waals surface area contributed by atoms with Gasteiger partial charge < -0.3 is 10.1 Å². The third-order valence-electron chi connectivity index (χ3n) is 3.55. The molecule has 2 N–H and O–H groups in total. The lowest BCUT2D eigenvalue weighted by atomic mass is 10.2. The van der Waals surface area contributed by atoms with Crippen LogP contribution in [0.1, 0.15) is 35.7 Å². The molecular formula is C20H22ClN3O3. The highest BCUT2D eigenvalue weighted by Crippen LogP contribution is 2.12. The quantitative estimate of drug-likeness (QED) is 0.393. The smallest absolute Gasteiger partial charge is 0.259 e. The Bertz CT molecular complexity index is 791. The molecule has 0 aliphatic rings. The van der Waals surface area contributed by atoms with Crippen molar-refractivity contribution in [2.75, 3.05) is 13.2 Å². The number of benzene rings is 2. The summed E-state index contributed by atoms with van der Waals surface area (Å²) in [7, 11) is 0. The van der Waals surface area contributed by atoms with E-state index in [4.69, 9.17) is 16.3 Å². The number of nitrogens with one attached hydrogen (secondary N) is 2. The molecule has 0 spiro atoms. The molecule has 0 fully saturated rings. The highest BCUT2D eigenvalue weighted by atomic mass is 35.5. The van der Waals surface area contributed by atoms with Gasteiger partial charge in [0, 0.05) is 10.6 Å². The van der Waals surface area contributed by atoms with Gasteiger partial charge in [0.15, 0.2) is 0 Å². The number of carbonyl (C=O) groups is 2. The van der Waals surface area contributed by atoms with Crippen LogP contribution in [-0.2, 0) is 4.79 Å². The van der Waals surface area contributed by atoms with Crippen LogP contribution in [0.3, 0.4) is 0 Å². The van der Waals surface area contributed by atoms with Crippen molar-refractivity contribution in [2.24, 2.45) is 5.10 Å². The van der Waals surface area contributed by atoms with E-state index in [1.807, 2.05) is 24.3 Å². The average molecular weight is 388 g/mol. The fourth-order valence-corrected chi connectivity index (χ4v) is 2.29. The lowest BCUT2D eigenvalue weighted by Crippen LogP contribution is -2.34. The maximum Gasteiger partial charge on any atom is 0.259 e. The molecule has 0 saturated carbocycles. The first-order valence-electron chi connectivity index (χ1n) is 8.67. The van der Waals surface area contributed by atoms with Crippen molar-refractivity contribution < 1.29 is 14.3 Å². The third kappa shape index (κ3) is 7.50. The summed E-state index contributed by atoms with van der Waals surface area (Å²) in [5, 5.41) is 6.84. The molecule has 142 valence electrons. The van der Waals surface area contributed by atoms with E-state index in [1.165, 1.54) is 12.3 Å². The summed E-state index contributed by atoms with van der Waals surface area (Å²) in [4.78, 5) is 23.7. The maximum atomic E-state index is 11.9. The number of ether oxygens (including phenoxy) is 1. The Labute approximate surface area is 163 Å². The van der Waals surface area contributed by atoms with E-state index >= 15 is 0 Å². The Balaban J connectivity index is 1.73. The summed E-state index contributed by atoms with van der Waals surface area (Å²) < 4.78 is 5.58. The van der Waals surface area contributed by atoms with Gasteiger partial charge in [-0.2, -0.15) is 5.10 Å². The Morgan fingerprint density at radius 3 is 2.67 bits per heavy atom. The molecule has 0 saturated heterocycles. The number of rotatable bonds is 9. The first kappa shape index (κ1) is 20.5. The number of hydrazone groups is 1. The summed E-state index contributed by atoms with van der Waals surface area (Å²) >= 11 is 5.83. The molecule has 0 atom stereocenters. The lowest BCUT2D eigenvalue weighted by Gasteiger charge is -2.05. The zero-order valence-electron chi connectivity index (χ0n) is 15.1. The molecule has 0 aromatic heterocycles. The van der Waals surface area contributed by atoms with E-state index in [-0.39, 0.29) is 12.5 Å². The Kier molecular flexibility index (Phi) is 8.32. The van der Waals surface area contributed by atoms with Crippen molar-refractivity contribution in [3.05, 3.63) is 64.7 Å². The van der Waals surface area contributed by atoms with E-state index in [1.54, 1.807) is 18.2 Å². The summed E-state index contributed by atoms with van der Waals surface area (Å²) in [5.41, 5.74) is 3.57. The molecule has 2 amide bonds. The SMILES string of the molecule is CCCCOc1ccc(C=NNC(=O)CNC(=O)c2cccc(Cl)c2)cc1. The molecule has 7 heteroatoms. The van der Waals surface area contributed by atoms with E-state index in [0.29, 0.717) is 17.2 Å². The van der Waals surface area contributed by atoms with Crippen molar-refractivity contribution in [2.45, 2.75) is 19.8 Å². The van der Waals surface area contributed by atoms with E-state index < -0.39 is 5.91 Å². The normalized spacial score (nSPS) is 10.6. The fraction of sp³-hybridized carbons (Fsp3) is 0.250. The minimum atomic E-state index is -0.429. The van der Waals surface area contributed by atoms with E-state index in [2.05, 4.69) is 22.8 Å². The summed E-state index contributed by atoms with van der Waals surface area (Å²) in [6.07, 6.45) is 3.62. The molecule has 2 rings (SSSR count). The monoisotopic (exact) mass is 387 g/mol. The number of hydrogen-bond acceptors (Lipinski definition) is 4. The third-order valence-corrected chi connectivity index (χ3v) is 3.78. The largest absolute Gasteiger partial charge is 0.494 e. The first-order valence-corrected chi connectivity index (χ1v) is 9.05. The van der Waals surface area contributed by atoms with Crippen LogP contribution < -0.4 is 15.5 Å². The second kappa shape index (κ2) is 11.0. The van der Waals surface area contributed by atoms with Crippen molar-refractivity contribution >= 4 is 29.6 Å². The number of amides is 2. The zero-order valence-corrected chi connectivity index (χ0v) is 15.8. The van der Waals surface area contributed by atoms with E-state index in [9.17, 15) is 9.59 Å². The van der Waals surface area contributed by atoms with Gasteiger partial charge in [0.1, 0.15) is 5.75 Å². The second-order valence-corrected chi connectivity index (χ2v) is 6.19. The standard InChI is InChI=1S/C20H22ClN3O3/c1-2-3-11-27-18-9-7-15(8-10-18)13-23-24-19(25)14-22-20(26)16-5-4-6-17(21)12-16/h4-10,12-13H,2-3,11,14H2,1H3,(H,22,26)(H,24,25). The van der Waals surface area contributed by atoms with Crippen LogP contribution in [0.4, 0.5) is 0 Å². The number of halogens is 1. The molecular weight excluding hydrogens is 366 g/mol. The van der Waals surface area contributed by atoms with Gasteiger partial charge in [-0.3, -0.25) is 9.59 Å². The molecule has 0 aliphatic heterocycles. The van der Waals surface area contributed by atoms with Crippen LogP contribution in [0.2, 0.25) is 5.02 Å². The fourth-order valence-electron chi connectivity index (χ4n) is 2.10. The second-order valence-electron chi connectivity index (χ2n) is 5.76. The van der Waals surface area contributed by atoms with Gasteiger partial charge in [-0.05, 0) is 54.4 Å². The first-order chi connectivity index (χ1) is 13.1. The molecule has 0 radical (unpaired) electrons. The Morgan fingerprint density at radius 1 is 1.19 bits per heavy atom. The summed E-state index contributed by atoms with van der Waals surface area (Å²) in [6, 6.07) is 13.9. The van der Waals surface area contributed by atoms with Crippen molar-refractivity contribution in [1.82, 2.24) is 10.7 Å². The number of hydrogen-bond donors (Lipinski definition) is 2. The van der Waals surface area contributed by atoms with Crippen LogP contribution in [0, 0.1) is 0 Å². The van der Waals surface area contributed by atoms with Gasteiger partial charge in [0.25, 0.3) is 11.8 Å². The highest BCUT2D eigenvalue weighted by molar-refractivity contribution is 6.30. The number of carbonyl (C=O) groups excluding carboxylic acids is 2. The predicted molar refractivity (Wildman–Crippen MR) is 106 cm³/mol. The van der Waals surface area contributed by atoms with Crippen molar-refractivity contribution in [3.63, 3.8) is 0 Å². The predicted octanol–water partition coefficient (Wildman–Crippen LogP) is 3.40. The van der Waals surface area contributed by atoms with Crippen molar-refractivity contribution in [1.29, 1.82) is 0 Å². The van der Waals surface area contributed by atoms with Gasteiger partial charge in [0.2, 0.25) is 0 Å². The Morgan fingerprint density at radius 2 is 1.96 bits per heavy atom. The minimum absolute atomic E-state index is 0.188. The minimum Gasteiger partial charge on any atom is -0.494 e. The molecule has 2 aromatic carbocycles. The molecule has 27 heavy (non-hydrogen) atoms. The zero-order chi connectivity index (χ0) is 19.5. The molecule has 0 bridgehead atoms. The van der Waals surface area contributed by atoms with Crippen molar-refractivity contribution in [3.8, 4) is 5.75 Å². The molecule has 0 heterocycles. The molecule has 6 nitrogen and oxygen atoms in total. The van der Waals surface area contributed by atoms with Gasteiger partial charge in [0.05, 0.1) is 19.4 Å². The highest BCUT2D eigenvalue weighted by Gasteiger charge is 2.07. The molecule has 0 aliphatic carbocycles. The van der Waals surface area contributed by atoms with Crippen LogP contribution in [0.15, 0.2) is 53.6 Å². The average Bonchev–Trinajstić information content (AvgIpc) is 2.67. The molecule has 0 unspecified atom stereocenters. The molecule has 2 aromatic rings.